The van der Waals surface area contributed by atoms with Crippen LogP contribution in [0.3, 0.4) is 0 Å². The van der Waals surface area contributed by atoms with Crippen LogP contribution < -0.4 is 0 Å². The molecule has 4 rings (SSSR count). The van der Waals surface area contributed by atoms with Gasteiger partial charge < -0.3 is 14.2 Å². The number of carbonyl (C=O) groups excluding carboxylic acids is 1. The SMILES string of the molecule is O=C(c1cc(F)ccc1F)N1CCCC(c2nc(C3CCOCC3)no2)C1. The Balaban J connectivity index is 1.47. The van der Waals surface area contributed by atoms with Crippen LogP contribution in [-0.2, 0) is 4.74 Å². The molecule has 8 heteroatoms. The van der Waals surface area contributed by atoms with Gasteiger partial charge in [0.05, 0.1) is 11.5 Å². The van der Waals surface area contributed by atoms with Gasteiger partial charge in [0.2, 0.25) is 5.89 Å². The van der Waals surface area contributed by atoms with E-state index in [9.17, 15) is 13.6 Å². The summed E-state index contributed by atoms with van der Waals surface area (Å²) < 4.78 is 38.2. The van der Waals surface area contributed by atoms with Gasteiger partial charge in [-0.1, -0.05) is 5.16 Å². The van der Waals surface area contributed by atoms with Gasteiger partial charge in [0, 0.05) is 32.2 Å². The van der Waals surface area contributed by atoms with E-state index in [0.29, 0.717) is 38.0 Å². The molecule has 0 radical (unpaired) electrons. The summed E-state index contributed by atoms with van der Waals surface area (Å²) >= 11 is 0. The standard InChI is InChI=1S/C19H21F2N3O3/c20-14-3-4-16(21)15(10-14)19(25)24-7-1-2-13(11-24)18-22-17(23-27-18)12-5-8-26-9-6-12/h3-4,10,12-13H,1-2,5-9,11H2. The molecule has 2 aliphatic heterocycles. The lowest BCUT2D eigenvalue weighted by Crippen LogP contribution is -2.39. The minimum atomic E-state index is -0.719. The number of likely N-dealkylation sites (tertiary alicyclic amines) is 1. The van der Waals surface area contributed by atoms with Crippen LogP contribution in [0.15, 0.2) is 22.7 Å². The third kappa shape index (κ3) is 3.85. The van der Waals surface area contributed by atoms with Gasteiger partial charge in [-0.05, 0) is 43.9 Å². The van der Waals surface area contributed by atoms with E-state index < -0.39 is 17.5 Å². The summed E-state index contributed by atoms with van der Waals surface area (Å²) in [5.74, 6) is -0.531. The molecule has 2 aromatic rings. The summed E-state index contributed by atoms with van der Waals surface area (Å²) in [5, 5.41) is 4.11. The van der Waals surface area contributed by atoms with Crippen molar-refractivity contribution in [3.63, 3.8) is 0 Å². The molecule has 2 aliphatic rings. The molecular formula is C19H21F2N3O3. The Labute approximate surface area is 155 Å². The van der Waals surface area contributed by atoms with Crippen molar-refractivity contribution in [1.29, 1.82) is 0 Å². The third-order valence-corrected chi connectivity index (χ3v) is 5.26. The van der Waals surface area contributed by atoms with Crippen LogP contribution in [0.25, 0.3) is 0 Å². The molecule has 2 fully saturated rings. The largest absolute Gasteiger partial charge is 0.381 e. The van der Waals surface area contributed by atoms with Crippen molar-refractivity contribution in [3.8, 4) is 0 Å². The summed E-state index contributed by atoms with van der Waals surface area (Å²) in [5.41, 5.74) is -0.246. The first kappa shape index (κ1) is 18.0. The summed E-state index contributed by atoms with van der Waals surface area (Å²) in [6.45, 7) is 2.23. The van der Waals surface area contributed by atoms with Crippen molar-refractivity contribution < 1.29 is 22.8 Å². The molecule has 0 aliphatic carbocycles. The fraction of sp³-hybridized carbons (Fsp3) is 0.526. The highest BCUT2D eigenvalue weighted by Gasteiger charge is 2.31. The maximum Gasteiger partial charge on any atom is 0.256 e. The highest BCUT2D eigenvalue weighted by Crippen LogP contribution is 2.30. The molecule has 27 heavy (non-hydrogen) atoms. The molecule has 0 bridgehead atoms. The molecule has 1 unspecified atom stereocenters. The van der Waals surface area contributed by atoms with Crippen molar-refractivity contribution in [2.24, 2.45) is 0 Å². The number of ether oxygens (including phenoxy) is 1. The number of rotatable bonds is 3. The highest BCUT2D eigenvalue weighted by atomic mass is 19.1. The lowest BCUT2D eigenvalue weighted by atomic mass is 9.96. The highest BCUT2D eigenvalue weighted by molar-refractivity contribution is 5.94. The molecule has 0 N–H and O–H groups in total. The van der Waals surface area contributed by atoms with Crippen LogP contribution in [0.5, 0.6) is 0 Å². The van der Waals surface area contributed by atoms with Crippen molar-refractivity contribution >= 4 is 5.91 Å². The van der Waals surface area contributed by atoms with E-state index in [2.05, 4.69) is 10.1 Å². The molecule has 1 amide bonds. The Hall–Kier alpha value is -2.35. The predicted molar refractivity (Wildman–Crippen MR) is 91.3 cm³/mol. The van der Waals surface area contributed by atoms with E-state index in [-0.39, 0.29) is 17.4 Å². The zero-order chi connectivity index (χ0) is 18.8. The van der Waals surface area contributed by atoms with Crippen LogP contribution in [0.4, 0.5) is 8.78 Å². The first-order valence-corrected chi connectivity index (χ1v) is 9.27. The van der Waals surface area contributed by atoms with Gasteiger partial charge in [-0.25, -0.2) is 8.78 Å². The summed E-state index contributed by atoms with van der Waals surface area (Å²) in [7, 11) is 0. The molecule has 2 saturated heterocycles. The smallest absolute Gasteiger partial charge is 0.256 e. The molecule has 0 spiro atoms. The zero-order valence-corrected chi connectivity index (χ0v) is 14.9. The second-order valence-electron chi connectivity index (χ2n) is 7.09. The van der Waals surface area contributed by atoms with Gasteiger partial charge in [0.15, 0.2) is 5.82 Å². The summed E-state index contributed by atoms with van der Waals surface area (Å²) in [4.78, 5) is 18.7. The summed E-state index contributed by atoms with van der Waals surface area (Å²) in [6, 6.07) is 2.92. The quantitative estimate of drug-likeness (QED) is 0.821. The van der Waals surface area contributed by atoms with Crippen molar-refractivity contribution in [2.45, 2.75) is 37.5 Å². The van der Waals surface area contributed by atoms with Crippen molar-refractivity contribution in [2.75, 3.05) is 26.3 Å². The zero-order valence-electron chi connectivity index (χ0n) is 14.9. The number of amides is 1. The lowest BCUT2D eigenvalue weighted by molar-refractivity contribution is 0.0690. The molecule has 144 valence electrons. The minimum absolute atomic E-state index is 0.0968. The Morgan fingerprint density at radius 2 is 1.96 bits per heavy atom. The topological polar surface area (TPSA) is 68.5 Å². The van der Waals surface area contributed by atoms with Crippen LogP contribution in [0, 0.1) is 11.6 Å². The third-order valence-electron chi connectivity index (χ3n) is 5.26. The number of piperidine rings is 1. The van der Waals surface area contributed by atoms with Crippen LogP contribution in [0.1, 0.15) is 59.6 Å². The van der Waals surface area contributed by atoms with Crippen LogP contribution in [-0.4, -0.2) is 47.3 Å². The van der Waals surface area contributed by atoms with E-state index in [1.54, 1.807) is 0 Å². The van der Waals surface area contributed by atoms with E-state index in [0.717, 1.165) is 43.9 Å². The normalized spacial score (nSPS) is 21.4. The number of carbonyl (C=O) groups is 1. The number of halogens is 2. The van der Waals surface area contributed by atoms with Gasteiger partial charge in [-0.2, -0.15) is 4.98 Å². The first-order valence-electron chi connectivity index (χ1n) is 9.27. The minimum Gasteiger partial charge on any atom is -0.381 e. The maximum atomic E-state index is 13.9. The second-order valence-corrected chi connectivity index (χ2v) is 7.09. The second kappa shape index (κ2) is 7.72. The van der Waals surface area contributed by atoms with Crippen LogP contribution in [0.2, 0.25) is 0 Å². The lowest BCUT2D eigenvalue weighted by Gasteiger charge is -2.31. The molecule has 0 saturated carbocycles. The molecule has 3 heterocycles. The van der Waals surface area contributed by atoms with Crippen molar-refractivity contribution in [1.82, 2.24) is 15.0 Å². The predicted octanol–water partition coefficient (Wildman–Crippen LogP) is 3.26. The maximum absolute atomic E-state index is 13.9. The Morgan fingerprint density at radius 3 is 2.78 bits per heavy atom. The first-order chi connectivity index (χ1) is 13.1. The van der Waals surface area contributed by atoms with Crippen LogP contribution >= 0.6 is 0 Å². The van der Waals surface area contributed by atoms with Gasteiger partial charge in [-0.15, -0.1) is 0 Å². The average Bonchev–Trinajstić information content (AvgIpc) is 3.20. The fourth-order valence-electron chi connectivity index (χ4n) is 3.73. The van der Waals surface area contributed by atoms with Crippen molar-refractivity contribution in [3.05, 3.63) is 47.1 Å². The van der Waals surface area contributed by atoms with E-state index in [1.807, 2.05) is 0 Å². The number of nitrogens with zero attached hydrogens (tertiary/aromatic N) is 3. The number of hydrogen-bond donors (Lipinski definition) is 0. The molecule has 6 nitrogen and oxygen atoms in total. The Morgan fingerprint density at radius 1 is 1.15 bits per heavy atom. The van der Waals surface area contributed by atoms with E-state index in [1.165, 1.54) is 4.90 Å². The fourth-order valence-corrected chi connectivity index (χ4v) is 3.73. The monoisotopic (exact) mass is 377 g/mol. The Kier molecular flexibility index (Phi) is 5.15. The van der Waals surface area contributed by atoms with E-state index >= 15 is 0 Å². The number of aromatic nitrogens is 2. The van der Waals surface area contributed by atoms with Gasteiger partial charge in [-0.3, -0.25) is 4.79 Å². The molecular weight excluding hydrogens is 356 g/mol. The van der Waals surface area contributed by atoms with Gasteiger partial charge in [0.1, 0.15) is 11.6 Å². The summed E-state index contributed by atoms with van der Waals surface area (Å²) in [6.07, 6.45) is 3.29. The van der Waals surface area contributed by atoms with E-state index in [4.69, 9.17) is 9.26 Å². The van der Waals surface area contributed by atoms with Gasteiger partial charge in [0.25, 0.3) is 5.91 Å². The molecule has 1 aromatic heterocycles. The average molecular weight is 377 g/mol. The van der Waals surface area contributed by atoms with Gasteiger partial charge >= 0.3 is 0 Å². The molecule has 1 atom stereocenters. The number of hydrogen-bond acceptors (Lipinski definition) is 5. The molecule has 1 aromatic carbocycles. The Bertz CT molecular complexity index is 820. The number of benzene rings is 1.